The van der Waals surface area contributed by atoms with Crippen LogP contribution in [0, 0.1) is 39.9 Å². The van der Waals surface area contributed by atoms with Crippen molar-refractivity contribution in [3.63, 3.8) is 0 Å². The first-order valence-electron chi connectivity index (χ1n) is 9.81. The van der Waals surface area contributed by atoms with Crippen LogP contribution < -0.4 is 0 Å². The number of fused-ring (bicyclic) bond motifs is 5. The van der Waals surface area contributed by atoms with Crippen molar-refractivity contribution >= 4 is 5.78 Å². The molecule has 1 heteroatoms. The average Bonchev–Trinajstić information content (AvgIpc) is 2.79. The Morgan fingerprint density at radius 1 is 0.864 bits per heavy atom. The van der Waals surface area contributed by atoms with Crippen molar-refractivity contribution in [2.75, 3.05) is 0 Å². The molecule has 0 aliphatic heterocycles. The van der Waals surface area contributed by atoms with Crippen LogP contribution in [0.1, 0.15) is 85.5 Å². The first kappa shape index (κ1) is 15.2. The van der Waals surface area contributed by atoms with Crippen molar-refractivity contribution in [3.05, 3.63) is 0 Å². The molecular formula is C21H34O. The number of carbonyl (C=O) groups excluding carboxylic acids is 1. The Kier molecular flexibility index (Phi) is 3.18. The van der Waals surface area contributed by atoms with Crippen LogP contribution >= 0.6 is 0 Å². The minimum absolute atomic E-state index is 0.228. The van der Waals surface area contributed by atoms with Gasteiger partial charge in [0.25, 0.3) is 0 Å². The molecule has 4 rings (SSSR count). The molecule has 0 N–H and O–H groups in total. The van der Waals surface area contributed by atoms with Crippen LogP contribution in [-0.2, 0) is 4.79 Å². The van der Waals surface area contributed by atoms with Crippen molar-refractivity contribution in [2.24, 2.45) is 39.9 Å². The summed E-state index contributed by atoms with van der Waals surface area (Å²) >= 11 is 0. The van der Waals surface area contributed by atoms with Gasteiger partial charge < -0.3 is 0 Å². The van der Waals surface area contributed by atoms with Crippen LogP contribution in [-0.4, -0.2) is 5.78 Å². The third kappa shape index (κ3) is 1.86. The molecule has 0 heterocycles. The summed E-state index contributed by atoms with van der Waals surface area (Å²) in [7, 11) is 0. The van der Waals surface area contributed by atoms with Gasteiger partial charge in [-0.25, -0.2) is 0 Å². The molecule has 4 saturated carbocycles. The van der Waals surface area contributed by atoms with E-state index in [9.17, 15) is 4.79 Å². The van der Waals surface area contributed by atoms with Gasteiger partial charge in [-0.15, -0.1) is 0 Å². The highest BCUT2D eigenvalue weighted by molar-refractivity contribution is 5.84. The van der Waals surface area contributed by atoms with E-state index in [2.05, 4.69) is 27.7 Å². The highest BCUT2D eigenvalue weighted by Crippen LogP contribution is 2.67. The van der Waals surface area contributed by atoms with Crippen LogP contribution in [0.3, 0.4) is 0 Å². The van der Waals surface area contributed by atoms with Gasteiger partial charge in [-0.05, 0) is 72.5 Å². The van der Waals surface area contributed by atoms with E-state index in [-0.39, 0.29) is 5.41 Å². The summed E-state index contributed by atoms with van der Waals surface area (Å²) in [5.41, 5.74) is 1.09. The summed E-state index contributed by atoms with van der Waals surface area (Å²) in [4.78, 5) is 13.2. The lowest BCUT2D eigenvalue weighted by Gasteiger charge is -2.62. The number of rotatable bonds is 0. The molecule has 0 aromatic carbocycles. The Bertz CT molecular complexity index is 492. The molecule has 0 radical (unpaired) electrons. The number of carbonyl (C=O) groups is 1. The molecule has 1 unspecified atom stereocenters. The number of hydrogen-bond donors (Lipinski definition) is 0. The standard InChI is InChI=1S/C21H34O/c1-19(2)9-6-11-21(4)16-8-12-20(3)10-5-7-15(20)14(16)13-17(22)18(19)21/h14-16,18H,5-13H2,1-4H3/t14-,15-,16-,18?,20-,21+/m0/s1. The Morgan fingerprint density at radius 2 is 1.64 bits per heavy atom. The lowest BCUT2D eigenvalue weighted by atomic mass is 9.41. The van der Waals surface area contributed by atoms with Crippen molar-refractivity contribution < 1.29 is 4.79 Å². The Balaban J connectivity index is 1.73. The average molecular weight is 303 g/mol. The molecule has 4 fully saturated rings. The molecule has 0 bridgehead atoms. The predicted molar refractivity (Wildman–Crippen MR) is 90.5 cm³/mol. The van der Waals surface area contributed by atoms with Gasteiger partial charge in [-0.1, -0.05) is 40.5 Å². The minimum Gasteiger partial charge on any atom is -0.299 e. The fourth-order valence-electron chi connectivity index (χ4n) is 8.04. The molecule has 22 heavy (non-hydrogen) atoms. The van der Waals surface area contributed by atoms with Gasteiger partial charge in [0.05, 0.1) is 0 Å². The van der Waals surface area contributed by atoms with Gasteiger partial charge in [-0.3, -0.25) is 4.79 Å². The molecule has 0 amide bonds. The van der Waals surface area contributed by atoms with Crippen molar-refractivity contribution in [3.8, 4) is 0 Å². The molecule has 1 nitrogen and oxygen atoms in total. The Hall–Kier alpha value is -0.330. The smallest absolute Gasteiger partial charge is 0.137 e. The van der Waals surface area contributed by atoms with Crippen LogP contribution in [0.2, 0.25) is 0 Å². The van der Waals surface area contributed by atoms with E-state index < -0.39 is 0 Å². The predicted octanol–water partition coefficient (Wildman–Crippen LogP) is 5.62. The Morgan fingerprint density at radius 3 is 2.41 bits per heavy atom. The molecule has 6 atom stereocenters. The van der Waals surface area contributed by atoms with Gasteiger partial charge in [0.1, 0.15) is 5.78 Å². The quantitative estimate of drug-likeness (QED) is 0.567. The SMILES string of the molecule is CC1(C)CCC[C@@]2(C)C1C(=O)C[C@H]1[C@@H]3CCC[C@@]3(C)CC[C@@H]12. The van der Waals surface area contributed by atoms with E-state index in [4.69, 9.17) is 0 Å². The topological polar surface area (TPSA) is 17.1 Å². The van der Waals surface area contributed by atoms with Crippen molar-refractivity contribution in [1.29, 1.82) is 0 Å². The van der Waals surface area contributed by atoms with E-state index in [0.29, 0.717) is 28.4 Å². The molecule has 0 aromatic heterocycles. The summed E-state index contributed by atoms with van der Waals surface area (Å²) in [6.45, 7) is 9.78. The summed E-state index contributed by atoms with van der Waals surface area (Å²) in [6, 6.07) is 0. The zero-order chi connectivity index (χ0) is 15.8. The molecule has 0 saturated heterocycles. The fourth-order valence-corrected chi connectivity index (χ4v) is 8.04. The van der Waals surface area contributed by atoms with Crippen LogP contribution in [0.25, 0.3) is 0 Å². The summed E-state index contributed by atoms with van der Waals surface area (Å²) in [5.74, 6) is 3.35. The van der Waals surface area contributed by atoms with Crippen LogP contribution in [0.4, 0.5) is 0 Å². The minimum atomic E-state index is 0.228. The number of Topliss-reactive ketones (excluding diaryl/α,β-unsaturated/α-hetero) is 1. The van der Waals surface area contributed by atoms with Crippen LogP contribution in [0.15, 0.2) is 0 Å². The Labute approximate surface area is 136 Å². The molecule has 4 aliphatic carbocycles. The third-order valence-electron chi connectivity index (χ3n) is 8.80. The maximum absolute atomic E-state index is 13.2. The van der Waals surface area contributed by atoms with Gasteiger partial charge in [0, 0.05) is 12.3 Å². The first-order valence-corrected chi connectivity index (χ1v) is 9.81. The third-order valence-corrected chi connectivity index (χ3v) is 8.80. The lowest BCUT2D eigenvalue weighted by molar-refractivity contribution is -0.166. The second-order valence-electron chi connectivity index (χ2n) is 10.4. The van der Waals surface area contributed by atoms with Crippen molar-refractivity contribution in [2.45, 2.75) is 85.5 Å². The molecule has 124 valence electrons. The summed E-state index contributed by atoms with van der Waals surface area (Å²) in [6.07, 6.45) is 11.8. The highest BCUT2D eigenvalue weighted by Gasteiger charge is 2.62. The van der Waals surface area contributed by atoms with Gasteiger partial charge in [0.2, 0.25) is 0 Å². The monoisotopic (exact) mass is 302 g/mol. The molecule has 0 spiro atoms. The second-order valence-corrected chi connectivity index (χ2v) is 10.4. The fraction of sp³-hybridized carbons (Fsp3) is 0.952. The van der Waals surface area contributed by atoms with E-state index in [1.807, 2.05) is 0 Å². The molecular weight excluding hydrogens is 268 g/mol. The first-order chi connectivity index (χ1) is 10.3. The number of hydrogen-bond acceptors (Lipinski definition) is 1. The van der Waals surface area contributed by atoms with E-state index in [0.717, 1.165) is 18.3 Å². The van der Waals surface area contributed by atoms with Crippen LogP contribution in [0.5, 0.6) is 0 Å². The zero-order valence-corrected chi connectivity index (χ0v) is 15.1. The lowest BCUT2D eigenvalue weighted by Crippen LogP contribution is -2.59. The van der Waals surface area contributed by atoms with Gasteiger partial charge in [0.15, 0.2) is 0 Å². The maximum Gasteiger partial charge on any atom is 0.137 e. The largest absolute Gasteiger partial charge is 0.299 e. The molecule has 0 aromatic rings. The number of ketones is 1. The van der Waals surface area contributed by atoms with Crippen molar-refractivity contribution in [1.82, 2.24) is 0 Å². The zero-order valence-electron chi connectivity index (χ0n) is 15.1. The maximum atomic E-state index is 13.2. The van der Waals surface area contributed by atoms with E-state index in [1.165, 1.54) is 51.4 Å². The van der Waals surface area contributed by atoms with Gasteiger partial charge in [-0.2, -0.15) is 0 Å². The summed E-state index contributed by atoms with van der Waals surface area (Å²) < 4.78 is 0. The van der Waals surface area contributed by atoms with E-state index in [1.54, 1.807) is 0 Å². The molecule has 4 aliphatic rings. The normalized spacial score (nSPS) is 53.5. The highest BCUT2D eigenvalue weighted by atomic mass is 16.1. The van der Waals surface area contributed by atoms with Gasteiger partial charge >= 0.3 is 0 Å². The second kappa shape index (κ2) is 4.61. The summed E-state index contributed by atoms with van der Waals surface area (Å²) in [5, 5.41) is 0. The van der Waals surface area contributed by atoms with E-state index >= 15 is 0 Å².